The number of ether oxygens (including phenoxy) is 4. The van der Waals surface area contributed by atoms with E-state index in [0.29, 0.717) is 55.3 Å². The molecule has 0 fully saturated rings. The van der Waals surface area contributed by atoms with Crippen molar-refractivity contribution in [1.82, 2.24) is 5.01 Å². The van der Waals surface area contributed by atoms with Gasteiger partial charge in [0.05, 0.1) is 25.4 Å². The lowest BCUT2D eigenvalue weighted by molar-refractivity contribution is -0.114. The maximum atomic E-state index is 12.7. The average molecular weight is 537 g/mol. The molecule has 4 rings (SSSR count). The van der Waals surface area contributed by atoms with Gasteiger partial charge in [-0.2, -0.15) is 15.1 Å². The first-order valence-corrected chi connectivity index (χ1v) is 13.3. The summed E-state index contributed by atoms with van der Waals surface area (Å²) in [4.78, 5) is 16.8. The number of hydrazone groups is 1. The van der Waals surface area contributed by atoms with Crippen LogP contribution in [0.25, 0.3) is 6.08 Å². The van der Waals surface area contributed by atoms with Crippen molar-refractivity contribution in [3.05, 3.63) is 59.2 Å². The lowest BCUT2D eigenvalue weighted by Crippen LogP contribution is -2.35. The second kappa shape index (κ2) is 12.7. The lowest BCUT2D eigenvalue weighted by Gasteiger charge is -2.20. The molecule has 0 radical (unpaired) electrons. The van der Waals surface area contributed by atoms with Gasteiger partial charge < -0.3 is 18.9 Å². The predicted molar refractivity (Wildman–Crippen MR) is 150 cm³/mol. The number of benzene rings is 2. The van der Waals surface area contributed by atoms with Gasteiger partial charge in [-0.3, -0.25) is 10.2 Å². The molecule has 0 atom stereocenters. The van der Waals surface area contributed by atoms with Crippen LogP contribution in [-0.4, -0.2) is 60.0 Å². The number of thioether (sulfide) groups is 1. The van der Waals surface area contributed by atoms with Crippen LogP contribution in [0.3, 0.4) is 0 Å². The number of nitrogens with one attached hydrogen (secondary N) is 1. The number of fused-ring (bicyclic) bond motifs is 1. The molecular formula is C28H32N4O5S. The van der Waals surface area contributed by atoms with E-state index in [1.54, 1.807) is 18.2 Å². The van der Waals surface area contributed by atoms with Crippen LogP contribution >= 0.6 is 11.8 Å². The standard InChI is InChI=1S/C28H32N4O5S/c1-5-35-24-17-20(16-22-25(29)32-28(30-26(22)33)38-27(31-32)18(2)3)8-11-23(24)37-15-13-34-12-14-36-21-9-6-19(4)7-10-21/h6-11,16-18,29H,5,12-15H2,1-4H3/b22-16-,29-25?. The molecule has 2 heterocycles. The number of rotatable bonds is 12. The van der Waals surface area contributed by atoms with Gasteiger partial charge in [-0.05, 0) is 61.5 Å². The van der Waals surface area contributed by atoms with E-state index in [1.807, 2.05) is 58.0 Å². The van der Waals surface area contributed by atoms with Crippen LogP contribution in [0.4, 0.5) is 0 Å². The zero-order valence-electron chi connectivity index (χ0n) is 22.0. The summed E-state index contributed by atoms with van der Waals surface area (Å²) in [7, 11) is 0. The van der Waals surface area contributed by atoms with Crippen molar-refractivity contribution in [1.29, 1.82) is 5.41 Å². The second-order valence-electron chi connectivity index (χ2n) is 8.87. The summed E-state index contributed by atoms with van der Waals surface area (Å²) < 4.78 is 22.9. The highest BCUT2D eigenvalue weighted by molar-refractivity contribution is 8.27. The third-order valence-electron chi connectivity index (χ3n) is 5.55. The molecule has 1 N–H and O–H groups in total. The summed E-state index contributed by atoms with van der Waals surface area (Å²) >= 11 is 1.33. The van der Waals surface area contributed by atoms with Crippen LogP contribution in [0.15, 0.2) is 58.1 Å². The fraction of sp³-hybridized carbons (Fsp3) is 0.357. The van der Waals surface area contributed by atoms with Crippen LogP contribution in [0.5, 0.6) is 17.2 Å². The summed E-state index contributed by atoms with van der Waals surface area (Å²) in [6, 6.07) is 13.3. The summed E-state index contributed by atoms with van der Waals surface area (Å²) in [5.74, 6) is 1.65. The maximum Gasteiger partial charge on any atom is 0.283 e. The monoisotopic (exact) mass is 536 g/mol. The molecule has 0 aromatic heterocycles. The van der Waals surface area contributed by atoms with Crippen molar-refractivity contribution in [2.45, 2.75) is 27.7 Å². The van der Waals surface area contributed by atoms with Gasteiger partial charge in [0.1, 0.15) is 24.0 Å². The van der Waals surface area contributed by atoms with Crippen LogP contribution in [0.2, 0.25) is 0 Å². The molecule has 1 amide bonds. The van der Waals surface area contributed by atoms with Crippen molar-refractivity contribution in [2.24, 2.45) is 16.0 Å². The molecule has 0 spiro atoms. The summed E-state index contributed by atoms with van der Waals surface area (Å²) in [6.45, 7) is 10.0. The Morgan fingerprint density at radius 3 is 2.45 bits per heavy atom. The quantitative estimate of drug-likeness (QED) is 0.296. The number of nitrogens with zero attached hydrogens (tertiary/aromatic N) is 3. The molecular weight excluding hydrogens is 504 g/mol. The number of hydrogen-bond donors (Lipinski definition) is 1. The third kappa shape index (κ3) is 6.81. The van der Waals surface area contributed by atoms with Gasteiger partial charge in [0.25, 0.3) is 5.91 Å². The molecule has 2 aromatic carbocycles. The van der Waals surface area contributed by atoms with Gasteiger partial charge in [0.15, 0.2) is 17.3 Å². The Kier molecular flexibility index (Phi) is 9.19. The van der Waals surface area contributed by atoms with E-state index in [9.17, 15) is 4.79 Å². The van der Waals surface area contributed by atoms with E-state index in [2.05, 4.69) is 10.1 Å². The van der Waals surface area contributed by atoms with Crippen molar-refractivity contribution in [3.63, 3.8) is 0 Å². The average Bonchev–Trinajstić information content (AvgIpc) is 3.33. The predicted octanol–water partition coefficient (Wildman–Crippen LogP) is 5.14. The Hall–Kier alpha value is -3.63. The topological polar surface area (TPSA) is 106 Å². The van der Waals surface area contributed by atoms with Gasteiger partial charge in [-0.25, -0.2) is 0 Å². The highest BCUT2D eigenvalue weighted by Crippen LogP contribution is 2.33. The SMILES string of the molecule is CCOc1cc(/C=C2/C(=N)N3N=C(C(C)C)SC3=NC2=O)ccc1OCCOCCOc1ccc(C)cc1. The first-order chi connectivity index (χ1) is 18.4. The van der Waals surface area contributed by atoms with E-state index in [1.165, 1.54) is 22.3 Å². The van der Waals surface area contributed by atoms with Crippen LogP contribution < -0.4 is 14.2 Å². The molecule has 2 aliphatic heterocycles. The molecule has 2 aliphatic rings. The van der Waals surface area contributed by atoms with E-state index in [0.717, 1.165) is 10.8 Å². The van der Waals surface area contributed by atoms with Gasteiger partial charge in [-0.15, -0.1) is 0 Å². The first kappa shape index (κ1) is 27.4. The highest BCUT2D eigenvalue weighted by Gasteiger charge is 2.36. The Morgan fingerprint density at radius 2 is 1.74 bits per heavy atom. The van der Waals surface area contributed by atoms with Crippen LogP contribution in [0.1, 0.15) is 31.9 Å². The molecule has 10 heteroatoms. The molecule has 0 aliphatic carbocycles. The number of carbonyl (C=O) groups is 1. The van der Waals surface area contributed by atoms with Crippen LogP contribution in [0, 0.1) is 18.3 Å². The highest BCUT2D eigenvalue weighted by atomic mass is 32.2. The molecule has 2 aromatic rings. The van der Waals surface area contributed by atoms with Gasteiger partial charge >= 0.3 is 0 Å². The summed E-state index contributed by atoms with van der Waals surface area (Å²) in [5.41, 5.74) is 2.05. The third-order valence-corrected chi connectivity index (χ3v) is 6.75. The Bertz CT molecular complexity index is 1270. The zero-order valence-corrected chi connectivity index (χ0v) is 22.8. The maximum absolute atomic E-state index is 12.7. The number of aryl methyl sites for hydroxylation is 1. The van der Waals surface area contributed by atoms with E-state index in [4.69, 9.17) is 24.4 Å². The number of hydrogen-bond acceptors (Lipinski definition) is 8. The minimum absolute atomic E-state index is 0.00458. The fourth-order valence-electron chi connectivity index (χ4n) is 3.57. The van der Waals surface area contributed by atoms with Crippen molar-refractivity contribution >= 4 is 39.8 Å². The van der Waals surface area contributed by atoms with E-state index >= 15 is 0 Å². The number of aliphatic imine (C=N–C) groups is 1. The molecule has 38 heavy (non-hydrogen) atoms. The minimum atomic E-state index is -0.462. The molecule has 9 nitrogen and oxygen atoms in total. The zero-order chi connectivity index (χ0) is 27.1. The molecule has 0 saturated heterocycles. The molecule has 200 valence electrons. The van der Waals surface area contributed by atoms with E-state index in [-0.39, 0.29) is 17.3 Å². The lowest BCUT2D eigenvalue weighted by atomic mass is 10.1. The smallest absolute Gasteiger partial charge is 0.283 e. The summed E-state index contributed by atoms with van der Waals surface area (Å²) in [5, 5.41) is 15.7. The van der Waals surface area contributed by atoms with Gasteiger partial charge in [0, 0.05) is 5.92 Å². The second-order valence-corrected chi connectivity index (χ2v) is 9.86. The van der Waals surface area contributed by atoms with Crippen molar-refractivity contribution < 1.29 is 23.7 Å². The summed E-state index contributed by atoms with van der Waals surface area (Å²) in [6.07, 6.45) is 1.63. The van der Waals surface area contributed by atoms with Crippen molar-refractivity contribution in [2.75, 3.05) is 33.0 Å². The molecule has 0 unspecified atom stereocenters. The first-order valence-electron chi connectivity index (χ1n) is 12.5. The Morgan fingerprint density at radius 1 is 1.00 bits per heavy atom. The number of amidine groups is 2. The number of carbonyl (C=O) groups excluding carboxylic acids is 1. The Balaban J connectivity index is 1.33. The van der Waals surface area contributed by atoms with E-state index < -0.39 is 5.91 Å². The molecule has 0 saturated carbocycles. The number of amides is 1. The van der Waals surface area contributed by atoms with Crippen LogP contribution in [-0.2, 0) is 9.53 Å². The largest absolute Gasteiger partial charge is 0.491 e. The van der Waals surface area contributed by atoms with Crippen molar-refractivity contribution in [3.8, 4) is 17.2 Å². The Labute approximate surface area is 227 Å². The van der Waals surface area contributed by atoms with Gasteiger partial charge in [0.2, 0.25) is 5.17 Å². The minimum Gasteiger partial charge on any atom is -0.491 e. The fourth-order valence-corrected chi connectivity index (χ4v) is 4.47. The normalized spacial score (nSPS) is 16.0. The molecule has 0 bridgehead atoms. The van der Waals surface area contributed by atoms with Gasteiger partial charge in [-0.1, -0.05) is 37.6 Å².